The number of aromatic nitrogens is 3. The number of aryl methyl sites for hydroxylation is 3. The first-order chi connectivity index (χ1) is 20.7. The minimum atomic E-state index is -0.667. The molecule has 2 aliphatic rings. The molecule has 0 radical (unpaired) electrons. The molecule has 4 N–H and O–H groups in total. The van der Waals surface area contributed by atoms with Crippen LogP contribution in [0.2, 0.25) is 0 Å². The quantitative estimate of drug-likeness (QED) is 0.287. The molecule has 0 spiro atoms. The molecule has 1 aliphatic carbocycles. The maximum absolute atomic E-state index is 12.7. The number of benzene rings is 2. The number of fused-ring (bicyclic) bond motifs is 2. The van der Waals surface area contributed by atoms with Crippen molar-refractivity contribution < 1.29 is 4.79 Å². The number of hydrogen-bond acceptors (Lipinski definition) is 7. The molecule has 224 valence electrons. The fourth-order valence-electron chi connectivity index (χ4n) is 6.78. The largest absolute Gasteiger partial charge is 0.388 e. The average molecular weight is 579 g/mol. The molecule has 1 aromatic heterocycles. The number of carbonyl (C=O) groups is 1. The van der Waals surface area contributed by atoms with Crippen LogP contribution in [0.25, 0.3) is 5.70 Å². The van der Waals surface area contributed by atoms with Gasteiger partial charge >= 0.3 is 0 Å². The van der Waals surface area contributed by atoms with Crippen LogP contribution in [0.5, 0.6) is 0 Å². The lowest BCUT2D eigenvalue weighted by molar-refractivity contribution is 0.0963. The summed E-state index contributed by atoms with van der Waals surface area (Å²) < 4.78 is 0. The Morgan fingerprint density at radius 3 is 2.40 bits per heavy atom. The second kappa shape index (κ2) is 12.4. The molecule has 1 amide bonds. The molecule has 1 saturated heterocycles. The van der Waals surface area contributed by atoms with E-state index in [1.54, 1.807) is 7.05 Å². The Balaban J connectivity index is 1.62. The van der Waals surface area contributed by atoms with E-state index in [1.165, 1.54) is 11.1 Å². The van der Waals surface area contributed by atoms with Gasteiger partial charge in [-0.2, -0.15) is 5.26 Å². The van der Waals surface area contributed by atoms with Gasteiger partial charge in [0.05, 0.1) is 11.5 Å². The highest BCUT2D eigenvalue weighted by Crippen LogP contribution is 2.47. The van der Waals surface area contributed by atoms with Gasteiger partial charge in [0.15, 0.2) is 0 Å². The topological polar surface area (TPSA) is 122 Å². The Hall–Kier alpha value is -4.42. The van der Waals surface area contributed by atoms with E-state index in [0.29, 0.717) is 18.5 Å². The highest BCUT2D eigenvalue weighted by molar-refractivity contribution is 5.94. The zero-order valence-corrected chi connectivity index (χ0v) is 25.7. The molecule has 9 nitrogen and oxygen atoms in total. The smallest absolute Gasteiger partial charge is 0.251 e. The van der Waals surface area contributed by atoms with Crippen LogP contribution >= 0.6 is 0 Å². The minimum absolute atomic E-state index is 0.0367. The maximum Gasteiger partial charge on any atom is 0.251 e. The summed E-state index contributed by atoms with van der Waals surface area (Å²) in [6.07, 6.45) is 4.16. The molecule has 2 unspecified atom stereocenters. The van der Waals surface area contributed by atoms with Gasteiger partial charge in [-0.25, -0.2) is 0 Å². The third-order valence-electron chi connectivity index (χ3n) is 9.01. The van der Waals surface area contributed by atoms with Gasteiger partial charge in [0.25, 0.3) is 5.91 Å². The van der Waals surface area contributed by atoms with Crippen molar-refractivity contribution in [1.29, 1.82) is 5.26 Å². The first-order valence-electron chi connectivity index (χ1n) is 15.0. The molecule has 5 rings (SSSR count). The fourth-order valence-corrected chi connectivity index (χ4v) is 6.78. The van der Waals surface area contributed by atoms with Gasteiger partial charge in [-0.15, -0.1) is 10.2 Å². The molecular weight excluding hydrogens is 536 g/mol. The Morgan fingerprint density at radius 1 is 1.12 bits per heavy atom. The summed E-state index contributed by atoms with van der Waals surface area (Å²) in [5.41, 5.74) is 7.43. The number of likely N-dealkylation sites (tertiary alicyclic amines) is 1. The first-order valence-corrected chi connectivity index (χ1v) is 15.0. The van der Waals surface area contributed by atoms with E-state index in [2.05, 4.69) is 81.3 Å². The number of aromatic amines is 1. The van der Waals surface area contributed by atoms with Gasteiger partial charge in [0.2, 0.25) is 0 Å². The number of rotatable bonds is 10. The predicted molar refractivity (Wildman–Crippen MR) is 169 cm³/mol. The first kappa shape index (κ1) is 30.1. The number of hydrogen-bond donors (Lipinski definition) is 4. The van der Waals surface area contributed by atoms with Crippen LogP contribution in [-0.4, -0.2) is 65.3 Å². The van der Waals surface area contributed by atoms with Crippen LogP contribution in [0.4, 0.5) is 0 Å². The zero-order chi connectivity index (χ0) is 30.7. The van der Waals surface area contributed by atoms with Crippen molar-refractivity contribution in [3.8, 4) is 6.07 Å². The number of carbonyl (C=O) groups excluding carboxylic acids is 1. The van der Waals surface area contributed by atoms with Crippen LogP contribution in [-0.2, 0) is 18.3 Å². The lowest BCUT2D eigenvalue weighted by Gasteiger charge is -2.37. The third-order valence-corrected chi connectivity index (χ3v) is 9.01. The number of amides is 1. The number of H-pyrrole nitrogens is 1. The van der Waals surface area contributed by atoms with Crippen LogP contribution in [0.1, 0.15) is 76.0 Å². The predicted octanol–water partition coefficient (Wildman–Crippen LogP) is 3.97. The van der Waals surface area contributed by atoms with E-state index in [9.17, 15) is 10.1 Å². The van der Waals surface area contributed by atoms with E-state index >= 15 is 0 Å². The zero-order valence-electron chi connectivity index (χ0n) is 25.7. The summed E-state index contributed by atoms with van der Waals surface area (Å²) in [6.45, 7) is 14.1. The van der Waals surface area contributed by atoms with E-state index in [0.717, 1.165) is 72.0 Å². The average Bonchev–Trinajstić information content (AvgIpc) is 3.67. The molecule has 43 heavy (non-hydrogen) atoms. The van der Waals surface area contributed by atoms with Crippen molar-refractivity contribution in [2.24, 2.45) is 0 Å². The second-order valence-electron chi connectivity index (χ2n) is 11.7. The van der Waals surface area contributed by atoms with Crippen molar-refractivity contribution in [1.82, 2.24) is 36.0 Å². The summed E-state index contributed by atoms with van der Waals surface area (Å²) in [5.74, 6) is 1.41. The van der Waals surface area contributed by atoms with Crippen molar-refractivity contribution in [2.75, 3.05) is 27.2 Å². The number of nitrogens with one attached hydrogen (secondary N) is 4. The second-order valence-corrected chi connectivity index (χ2v) is 11.7. The summed E-state index contributed by atoms with van der Waals surface area (Å²) >= 11 is 0. The van der Waals surface area contributed by atoms with Crippen LogP contribution in [0, 0.1) is 18.3 Å². The molecular formula is C34H42N8O. The fraction of sp³-hybridized carbons (Fsp3) is 0.412. The van der Waals surface area contributed by atoms with Gasteiger partial charge in [0, 0.05) is 50.2 Å². The van der Waals surface area contributed by atoms with Crippen LogP contribution < -0.4 is 16.0 Å². The van der Waals surface area contributed by atoms with E-state index in [-0.39, 0.29) is 18.0 Å². The van der Waals surface area contributed by atoms with Gasteiger partial charge in [-0.3, -0.25) is 4.79 Å². The summed E-state index contributed by atoms with van der Waals surface area (Å²) in [5, 5.41) is 28.4. The third kappa shape index (κ3) is 5.67. The molecule has 9 heteroatoms. The van der Waals surface area contributed by atoms with E-state index < -0.39 is 5.41 Å². The van der Waals surface area contributed by atoms with E-state index in [4.69, 9.17) is 5.10 Å². The van der Waals surface area contributed by atoms with Crippen molar-refractivity contribution in [3.63, 3.8) is 0 Å². The Kier molecular flexibility index (Phi) is 8.69. The summed E-state index contributed by atoms with van der Waals surface area (Å²) in [4.78, 5) is 18.3. The standard InChI is InChI=1S/C34H42N8O/c1-21(38-20-22(2)42-15-7-8-29(42)19-35)18-34(33-39-24(4)40-41-33)30-13-11-25(23(3)36-5)16-26(30)9-10-27-17-28(32(43)37-6)12-14-31(27)34/h11-14,16-17,21,29,36,38H,2-3,7-10,15,18,20H2,1,4-6H3,(H,37,43)(H,39,40,41)/t21-,29?,34?/m0/s1. The molecule has 0 saturated carbocycles. The highest BCUT2D eigenvalue weighted by Gasteiger charge is 2.45. The maximum atomic E-state index is 12.7. The Bertz CT molecular complexity index is 1510. The lowest BCUT2D eigenvalue weighted by Crippen LogP contribution is -2.42. The minimum Gasteiger partial charge on any atom is -0.388 e. The van der Waals surface area contributed by atoms with Gasteiger partial charge in [-0.1, -0.05) is 31.4 Å². The normalized spacial score (nSPS) is 19.9. The lowest BCUT2D eigenvalue weighted by atomic mass is 9.67. The summed E-state index contributed by atoms with van der Waals surface area (Å²) in [6, 6.07) is 14.9. The Morgan fingerprint density at radius 2 is 1.79 bits per heavy atom. The van der Waals surface area contributed by atoms with Crippen molar-refractivity contribution in [3.05, 3.63) is 100 Å². The van der Waals surface area contributed by atoms with E-state index in [1.807, 2.05) is 26.1 Å². The Labute approximate surface area is 254 Å². The monoisotopic (exact) mass is 578 g/mol. The molecule has 0 bridgehead atoms. The molecule has 1 fully saturated rings. The van der Waals surface area contributed by atoms with Crippen LogP contribution in [0.15, 0.2) is 55.3 Å². The number of nitrogens with zero attached hydrogens (tertiary/aromatic N) is 4. The van der Waals surface area contributed by atoms with Crippen molar-refractivity contribution in [2.45, 2.75) is 63.5 Å². The van der Waals surface area contributed by atoms with Gasteiger partial charge in [0.1, 0.15) is 17.7 Å². The summed E-state index contributed by atoms with van der Waals surface area (Å²) in [7, 11) is 3.54. The molecule has 3 aromatic rings. The molecule has 3 atom stereocenters. The SMILES string of the molecule is C=C(NC)c1ccc2c(c1)CCc1cc(C(=O)NC)ccc1C2(C[C@H](C)NCC(=C)N1CCCC1C#N)c1nnc(C)[nH]1. The van der Waals surface area contributed by atoms with Gasteiger partial charge < -0.3 is 25.8 Å². The number of nitriles is 1. The molecule has 2 aromatic carbocycles. The molecule has 2 heterocycles. The van der Waals surface area contributed by atoms with Crippen molar-refractivity contribution >= 4 is 11.6 Å². The van der Waals surface area contributed by atoms with Crippen LogP contribution in [0.3, 0.4) is 0 Å². The highest BCUT2D eigenvalue weighted by atomic mass is 16.1. The van der Waals surface area contributed by atoms with Gasteiger partial charge in [-0.05, 0) is 92.0 Å². The molecule has 1 aliphatic heterocycles.